The molecule has 0 saturated heterocycles. The lowest BCUT2D eigenvalue weighted by Gasteiger charge is -2.04. The van der Waals surface area contributed by atoms with Crippen LogP contribution in [0.5, 0.6) is 5.75 Å². The Morgan fingerprint density at radius 1 is 1.40 bits per heavy atom. The van der Waals surface area contributed by atoms with Gasteiger partial charge in [-0.1, -0.05) is 36.8 Å². The van der Waals surface area contributed by atoms with E-state index >= 15 is 0 Å². The predicted octanol–water partition coefficient (Wildman–Crippen LogP) is 3.00. The molecule has 0 saturated carbocycles. The van der Waals surface area contributed by atoms with Crippen molar-refractivity contribution in [1.29, 1.82) is 0 Å². The van der Waals surface area contributed by atoms with Crippen molar-refractivity contribution in [3.05, 3.63) is 34.3 Å². The van der Waals surface area contributed by atoms with Gasteiger partial charge >= 0.3 is 0 Å². The molecule has 0 unspecified atom stereocenters. The summed E-state index contributed by atoms with van der Waals surface area (Å²) in [6.07, 6.45) is 0.837. The average molecular weight is 291 g/mol. The Morgan fingerprint density at radius 2 is 2.15 bits per heavy atom. The lowest BCUT2D eigenvalue weighted by atomic mass is 10.1. The van der Waals surface area contributed by atoms with E-state index in [0.717, 1.165) is 17.0 Å². The van der Waals surface area contributed by atoms with Crippen molar-refractivity contribution in [2.45, 2.75) is 27.2 Å². The summed E-state index contributed by atoms with van der Waals surface area (Å²) >= 11 is 1.36. The first-order valence-electron chi connectivity index (χ1n) is 6.39. The van der Waals surface area contributed by atoms with Gasteiger partial charge in [0.05, 0.1) is 5.56 Å². The molecule has 0 aliphatic heterocycles. The smallest absolute Gasteiger partial charge is 0.261 e. The van der Waals surface area contributed by atoms with E-state index in [-0.39, 0.29) is 17.2 Å². The predicted molar refractivity (Wildman–Crippen MR) is 79.2 cm³/mol. The number of carbonyl (C=O) groups is 1. The van der Waals surface area contributed by atoms with Crippen molar-refractivity contribution in [2.75, 3.05) is 5.32 Å². The summed E-state index contributed by atoms with van der Waals surface area (Å²) in [6, 6.07) is 4.90. The zero-order chi connectivity index (χ0) is 14.7. The third-order valence-corrected chi connectivity index (χ3v) is 3.53. The lowest BCUT2D eigenvalue weighted by molar-refractivity contribution is 0.102. The lowest BCUT2D eigenvalue weighted by Crippen LogP contribution is -2.12. The van der Waals surface area contributed by atoms with Gasteiger partial charge in [0.15, 0.2) is 0 Å². The third-order valence-electron chi connectivity index (χ3n) is 2.67. The molecule has 2 aromatic rings. The molecule has 0 atom stereocenters. The van der Waals surface area contributed by atoms with E-state index in [1.165, 1.54) is 17.4 Å². The minimum atomic E-state index is -0.376. The molecule has 6 heteroatoms. The number of aromatic hydroxyl groups is 1. The first-order chi connectivity index (χ1) is 9.45. The molecule has 0 radical (unpaired) electrons. The van der Waals surface area contributed by atoms with Crippen molar-refractivity contribution >= 4 is 22.4 Å². The van der Waals surface area contributed by atoms with Crippen LogP contribution in [0.3, 0.4) is 0 Å². The van der Waals surface area contributed by atoms with Crippen LogP contribution in [0.4, 0.5) is 5.13 Å². The van der Waals surface area contributed by atoms with Crippen molar-refractivity contribution in [2.24, 2.45) is 5.92 Å². The Bertz CT molecular complexity index is 623. The van der Waals surface area contributed by atoms with Gasteiger partial charge in [-0.2, -0.15) is 0 Å². The van der Waals surface area contributed by atoms with Crippen molar-refractivity contribution in [1.82, 2.24) is 10.2 Å². The molecular weight excluding hydrogens is 274 g/mol. The highest BCUT2D eigenvalue weighted by molar-refractivity contribution is 7.15. The maximum Gasteiger partial charge on any atom is 0.261 e. The quantitative estimate of drug-likeness (QED) is 0.908. The Balaban J connectivity index is 2.11. The molecule has 1 aromatic heterocycles. The molecule has 1 amide bonds. The fourth-order valence-electron chi connectivity index (χ4n) is 1.73. The van der Waals surface area contributed by atoms with Crippen molar-refractivity contribution in [3.63, 3.8) is 0 Å². The summed E-state index contributed by atoms with van der Waals surface area (Å²) < 4.78 is 0. The number of carbonyl (C=O) groups excluding carboxylic acids is 1. The van der Waals surface area contributed by atoms with Gasteiger partial charge in [-0.05, 0) is 25.0 Å². The fraction of sp³-hybridized carbons (Fsp3) is 0.357. The first-order valence-corrected chi connectivity index (χ1v) is 7.20. The summed E-state index contributed by atoms with van der Waals surface area (Å²) in [6.45, 7) is 6.07. The number of aromatic nitrogens is 2. The highest BCUT2D eigenvalue weighted by atomic mass is 32.1. The van der Waals surface area contributed by atoms with E-state index in [4.69, 9.17) is 0 Å². The third kappa shape index (κ3) is 3.54. The number of phenolic OH excluding ortho intramolecular Hbond substituents is 1. The zero-order valence-corrected chi connectivity index (χ0v) is 12.5. The molecule has 5 nitrogen and oxygen atoms in total. The van der Waals surface area contributed by atoms with Crippen molar-refractivity contribution < 1.29 is 9.90 Å². The number of phenols is 1. The number of nitrogens with zero attached hydrogens (tertiary/aromatic N) is 2. The topological polar surface area (TPSA) is 75.1 Å². The second kappa shape index (κ2) is 6.00. The molecule has 2 N–H and O–H groups in total. The van der Waals surface area contributed by atoms with Crippen LogP contribution in [0.1, 0.15) is 34.8 Å². The number of aryl methyl sites for hydroxylation is 1. The standard InChI is InChI=1S/C14H17N3O2S/c1-8(2)6-12-16-17-14(20-12)15-13(19)10-7-9(3)4-5-11(10)18/h4-5,7-8,18H,6H2,1-3H3,(H,15,17,19). The number of rotatable bonds is 4. The zero-order valence-electron chi connectivity index (χ0n) is 11.7. The Kier molecular flexibility index (Phi) is 4.34. The summed E-state index contributed by atoms with van der Waals surface area (Å²) in [4.78, 5) is 12.1. The van der Waals surface area contributed by atoms with E-state index in [1.807, 2.05) is 6.92 Å². The maximum absolute atomic E-state index is 12.1. The molecule has 0 spiro atoms. The molecular formula is C14H17N3O2S. The largest absolute Gasteiger partial charge is 0.507 e. The molecule has 2 rings (SSSR count). The highest BCUT2D eigenvalue weighted by Crippen LogP contribution is 2.22. The first kappa shape index (κ1) is 14.5. The molecule has 0 bridgehead atoms. The molecule has 0 aliphatic carbocycles. The second-order valence-corrected chi connectivity index (χ2v) is 6.14. The van der Waals surface area contributed by atoms with E-state index in [0.29, 0.717) is 11.0 Å². The monoisotopic (exact) mass is 291 g/mol. The van der Waals surface area contributed by atoms with Crippen molar-refractivity contribution in [3.8, 4) is 5.75 Å². The van der Waals surface area contributed by atoms with Gasteiger partial charge < -0.3 is 5.11 Å². The minimum absolute atomic E-state index is 0.0416. The van der Waals surface area contributed by atoms with Crippen LogP contribution in [-0.4, -0.2) is 21.2 Å². The van der Waals surface area contributed by atoms with Crippen LogP contribution < -0.4 is 5.32 Å². The molecule has 1 heterocycles. The second-order valence-electron chi connectivity index (χ2n) is 5.07. The van der Waals surface area contributed by atoms with Crippen LogP contribution in [0.2, 0.25) is 0 Å². The molecule has 0 fully saturated rings. The fourth-order valence-corrected chi connectivity index (χ4v) is 2.68. The number of nitrogens with one attached hydrogen (secondary N) is 1. The maximum atomic E-state index is 12.1. The Hall–Kier alpha value is -1.95. The van der Waals surface area contributed by atoms with Crippen LogP contribution in [-0.2, 0) is 6.42 Å². The molecule has 0 aliphatic rings. The highest BCUT2D eigenvalue weighted by Gasteiger charge is 2.14. The summed E-state index contributed by atoms with van der Waals surface area (Å²) in [5.41, 5.74) is 1.15. The normalized spacial score (nSPS) is 10.8. The molecule has 1 aromatic carbocycles. The number of benzene rings is 1. The Labute approximate surface area is 121 Å². The van der Waals surface area contributed by atoms with Crippen LogP contribution >= 0.6 is 11.3 Å². The van der Waals surface area contributed by atoms with E-state index in [2.05, 4.69) is 29.4 Å². The minimum Gasteiger partial charge on any atom is -0.507 e. The molecule has 106 valence electrons. The van der Waals surface area contributed by atoms with Crippen LogP contribution in [0.25, 0.3) is 0 Å². The SMILES string of the molecule is Cc1ccc(O)c(C(=O)Nc2nnc(CC(C)C)s2)c1. The molecule has 20 heavy (non-hydrogen) atoms. The van der Waals surface area contributed by atoms with E-state index < -0.39 is 0 Å². The summed E-state index contributed by atoms with van der Waals surface area (Å²) in [7, 11) is 0. The van der Waals surface area contributed by atoms with Gasteiger partial charge in [0, 0.05) is 6.42 Å². The summed E-state index contributed by atoms with van der Waals surface area (Å²) in [5.74, 6) is 0.0748. The van der Waals surface area contributed by atoms with Crippen LogP contribution in [0.15, 0.2) is 18.2 Å². The van der Waals surface area contributed by atoms with E-state index in [9.17, 15) is 9.90 Å². The number of anilines is 1. The van der Waals surface area contributed by atoms with Gasteiger partial charge in [-0.25, -0.2) is 0 Å². The average Bonchev–Trinajstić information content (AvgIpc) is 2.78. The Morgan fingerprint density at radius 3 is 2.85 bits per heavy atom. The van der Waals surface area contributed by atoms with Gasteiger partial charge in [0.25, 0.3) is 5.91 Å². The number of amides is 1. The van der Waals surface area contributed by atoms with Gasteiger partial charge in [-0.3, -0.25) is 10.1 Å². The van der Waals surface area contributed by atoms with Crippen LogP contribution in [0, 0.1) is 12.8 Å². The number of hydrogen-bond acceptors (Lipinski definition) is 5. The summed E-state index contributed by atoms with van der Waals surface area (Å²) in [5, 5.41) is 21.7. The van der Waals surface area contributed by atoms with Gasteiger partial charge in [-0.15, -0.1) is 10.2 Å². The van der Waals surface area contributed by atoms with Gasteiger partial charge in [0.1, 0.15) is 10.8 Å². The van der Waals surface area contributed by atoms with Gasteiger partial charge in [0.2, 0.25) is 5.13 Å². The van der Waals surface area contributed by atoms with E-state index in [1.54, 1.807) is 12.1 Å². The number of hydrogen-bond donors (Lipinski definition) is 2.